The number of alkyl halides is 3. The molecule has 134 valence electrons. The highest BCUT2D eigenvalue weighted by Gasteiger charge is 2.31. The zero-order chi connectivity index (χ0) is 18.2. The minimum Gasteiger partial charge on any atom is -0.348 e. The van der Waals surface area contributed by atoms with Gasteiger partial charge in [0.15, 0.2) is 0 Å². The molecule has 5 nitrogen and oxygen atoms in total. The summed E-state index contributed by atoms with van der Waals surface area (Å²) in [5, 5.41) is 10.4. The zero-order valence-corrected chi connectivity index (χ0v) is 13.9. The number of nitrogens with one attached hydrogen (secondary N) is 2. The second-order valence-corrected chi connectivity index (χ2v) is 6.19. The number of amides is 1. The summed E-state index contributed by atoms with van der Waals surface area (Å²) in [6, 6.07) is 3.91. The van der Waals surface area contributed by atoms with Gasteiger partial charge >= 0.3 is 6.18 Å². The quantitative estimate of drug-likeness (QED) is 0.892. The third kappa shape index (κ3) is 3.68. The van der Waals surface area contributed by atoms with Crippen LogP contribution in [0.15, 0.2) is 30.5 Å². The zero-order valence-electron chi connectivity index (χ0n) is 13.9. The van der Waals surface area contributed by atoms with E-state index in [1.807, 2.05) is 6.20 Å². The van der Waals surface area contributed by atoms with Crippen LogP contribution in [0.4, 0.5) is 13.2 Å². The molecule has 1 aliphatic heterocycles. The maximum absolute atomic E-state index is 12.6. The summed E-state index contributed by atoms with van der Waals surface area (Å²) in [6.07, 6.45) is -1.79. The van der Waals surface area contributed by atoms with Gasteiger partial charge in [-0.2, -0.15) is 18.3 Å². The van der Waals surface area contributed by atoms with Gasteiger partial charge in [0.25, 0.3) is 0 Å². The fourth-order valence-electron chi connectivity index (χ4n) is 3.01. The van der Waals surface area contributed by atoms with Crippen molar-refractivity contribution in [3.8, 4) is 0 Å². The van der Waals surface area contributed by atoms with E-state index in [4.69, 9.17) is 0 Å². The first-order valence-corrected chi connectivity index (χ1v) is 7.99. The molecule has 0 fully saturated rings. The molecule has 1 aromatic carbocycles. The number of rotatable bonds is 3. The molecule has 0 saturated carbocycles. The van der Waals surface area contributed by atoms with Gasteiger partial charge in [-0.1, -0.05) is 12.1 Å². The SMILES string of the molecule is CC(NC(=O)C1NCCc2nn(C)cc21)c1ccc(C(F)(F)F)cc1. The molecule has 0 spiro atoms. The lowest BCUT2D eigenvalue weighted by Crippen LogP contribution is -2.41. The predicted octanol–water partition coefficient (Wildman–Crippen LogP) is 2.50. The van der Waals surface area contributed by atoms with Gasteiger partial charge < -0.3 is 10.6 Å². The van der Waals surface area contributed by atoms with E-state index in [9.17, 15) is 18.0 Å². The second kappa shape index (κ2) is 6.51. The second-order valence-electron chi connectivity index (χ2n) is 6.19. The molecular weight excluding hydrogens is 333 g/mol. The van der Waals surface area contributed by atoms with E-state index in [0.717, 1.165) is 29.8 Å². The highest BCUT2D eigenvalue weighted by molar-refractivity contribution is 5.84. The highest BCUT2D eigenvalue weighted by atomic mass is 19.4. The summed E-state index contributed by atoms with van der Waals surface area (Å²) in [4.78, 5) is 12.6. The van der Waals surface area contributed by atoms with Crippen LogP contribution in [0.3, 0.4) is 0 Å². The fourth-order valence-corrected chi connectivity index (χ4v) is 3.01. The first-order valence-electron chi connectivity index (χ1n) is 7.99. The monoisotopic (exact) mass is 352 g/mol. The Kier molecular flexibility index (Phi) is 4.55. The van der Waals surface area contributed by atoms with E-state index in [-0.39, 0.29) is 5.91 Å². The van der Waals surface area contributed by atoms with Gasteiger partial charge in [-0.3, -0.25) is 9.48 Å². The van der Waals surface area contributed by atoms with E-state index in [1.165, 1.54) is 12.1 Å². The minimum atomic E-state index is -4.37. The largest absolute Gasteiger partial charge is 0.416 e. The summed E-state index contributed by atoms with van der Waals surface area (Å²) in [6.45, 7) is 2.39. The van der Waals surface area contributed by atoms with Crippen molar-refractivity contribution in [3.63, 3.8) is 0 Å². The number of fused-ring (bicyclic) bond motifs is 1. The van der Waals surface area contributed by atoms with Crippen molar-refractivity contribution in [1.29, 1.82) is 0 Å². The van der Waals surface area contributed by atoms with Crippen molar-refractivity contribution in [1.82, 2.24) is 20.4 Å². The molecule has 0 saturated heterocycles. The standard InChI is InChI=1S/C17H19F3N4O/c1-10(11-3-5-12(6-4-11)17(18,19)20)22-16(25)15-13-9-24(2)23-14(13)7-8-21-15/h3-6,9-10,15,21H,7-8H2,1-2H3,(H,22,25). The molecule has 2 aromatic rings. The first kappa shape index (κ1) is 17.5. The molecule has 0 radical (unpaired) electrons. The van der Waals surface area contributed by atoms with Crippen molar-refractivity contribution in [2.24, 2.45) is 7.05 Å². The van der Waals surface area contributed by atoms with Crippen LogP contribution in [0, 0.1) is 0 Å². The Morgan fingerprint density at radius 2 is 2.04 bits per heavy atom. The number of hydrogen-bond donors (Lipinski definition) is 2. The van der Waals surface area contributed by atoms with Crippen molar-refractivity contribution in [2.45, 2.75) is 31.6 Å². The van der Waals surface area contributed by atoms with Gasteiger partial charge in [-0.25, -0.2) is 0 Å². The van der Waals surface area contributed by atoms with Crippen molar-refractivity contribution in [2.75, 3.05) is 6.54 Å². The van der Waals surface area contributed by atoms with Gasteiger partial charge in [0.1, 0.15) is 6.04 Å². The minimum absolute atomic E-state index is 0.221. The molecule has 3 rings (SSSR count). The van der Waals surface area contributed by atoms with Crippen LogP contribution in [-0.2, 0) is 24.4 Å². The molecule has 2 atom stereocenters. The van der Waals surface area contributed by atoms with Gasteiger partial charge in [-0.05, 0) is 24.6 Å². The molecule has 2 heterocycles. The lowest BCUT2D eigenvalue weighted by molar-refractivity contribution is -0.137. The number of halogens is 3. The molecule has 2 N–H and O–H groups in total. The van der Waals surface area contributed by atoms with Crippen LogP contribution >= 0.6 is 0 Å². The number of hydrogen-bond acceptors (Lipinski definition) is 3. The van der Waals surface area contributed by atoms with Crippen molar-refractivity contribution in [3.05, 3.63) is 52.8 Å². The van der Waals surface area contributed by atoms with Gasteiger partial charge in [0, 0.05) is 31.8 Å². The van der Waals surface area contributed by atoms with Crippen LogP contribution in [0.1, 0.15) is 41.4 Å². The molecule has 1 amide bonds. The smallest absolute Gasteiger partial charge is 0.348 e. The Labute approximate surface area is 143 Å². The number of carbonyl (C=O) groups excluding carboxylic acids is 1. The lowest BCUT2D eigenvalue weighted by atomic mass is 10.00. The number of aromatic nitrogens is 2. The van der Waals surface area contributed by atoms with Gasteiger partial charge in [0.2, 0.25) is 5.91 Å². The average Bonchev–Trinajstić information content (AvgIpc) is 2.94. The molecule has 2 unspecified atom stereocenters. The van der Waals surface area contributed by atoms with Gasteiger partial charge in [0.05, 0.1) is 17.3 Å². The molecule has 1 aromatic heterocycles. The topological polar surface area (TPSA) is 59.0 Å². The summed E-state index contributed by atoms with van der Waals surface area (Å²) in [7, 11) is 1.80. The third-order valence-electron chi connectivity index (χ3n) is 4.32. The molecule has 1 aliphatic rings. The summed E-state index contributed by atoms with van der Waals surface area (Å²) < 4.78 is 39.6. The summed E-state index contributed by atoms with van der Waals surface area (Å²) >= 11 is 0. The molecule has 25 heavy (non-hydrogen) atoms. The van der Waals surface area contributed by atoms with E-state index < -0.39 is 23.8 Å². The van der Waals surface area contributed by atoms with E-state index in [2.05, 4.69) is 15.7 Å². The number of carbonyl (C=O) groups is 1. The predicted molar refractivity (Wildman–Crippen MR) is 85.7 cm³/mol. The van der Waals surface area contributed by atoms with Gasteiger partial charge in [-0.15, -0.1) is 0 Å². The number of benzene rings is 1. The number of nitrogens with zero attached hydrogens (tertiary/aromatic N) is 2. The Hall–Kier alpha value is -2.35. The normalized spacial score (nSPS) is 18.5. The maximum atomic E-state index is 12.6. The van der Waals surface area contributed by atoms with Crippen LogP contribution in [0.25, 0.3) is 0 Å². The lowest BCUT2D eigenvalue weighted by Gasteiger charge is -2.24. The first-order chi connectivity index (χ1) is 11.8. The van der Waals surface area contributed by atoms with Crippen molar-refractivity contribution < 1.29 is 18.0 Å². The Bertz CT molecular complexity index is 767. The number of aryl methyl sites for hydroxylation is 1. The Morgan fingerprint density at radius 3 is 2.68 bits per heavy atom. The Balaban J connectivity index is 1.71. The Morgan fingerprint density at radius 1 is 1.36 bits per heavy atom. The third-order valence-corrected chi connectivity index (χ3v) is 4.32. The maximum Gasteiger partial charge on any atom is 0.416 e. The average molecular weight is 352 g/mol. The molecule has 8 heteroatoms. The van der Waals surface area contributed by atoms with Crippen molar-refractivity contribution >= 4 is 5.91 Å². The summed E-state index contributed by atoms with van der Waals surface area (Å²) in [5.41, 5.74) is 1.64. The summed E-state index contributed by atoms with van der Waals surface area (Å²) in [5.74, 6) is -0.221. The van der Waals surface area contributed by atoms with E-state index in [1.54, 1.807) is 18.7 Å². The fraction of sp³-hybridized carbons (Fsp3) is 0.412. The highest BCUT2D eigenvalue weighted by Crippen LogP contribution is 2.30. The van der Waals surface area contributed by atoms with E-state index in [0.29, 0.717) is 12.1 Å². The van der Waals surface area contributed by atoms with Crippen LogP contribution in [0.2, 0.25) is 0 Å². The van der Waals surface area contributed by atoms with E-state index >= 15 is 0 Å². The molecule has 0 bridgehead atoms. The molecular formula is C17H19F3N4O. The van der Waals surface area contributed by atoms with Crippen LogP contribution in [-0.4, -0.2) is 22.2 Å². The molecule has 0 aliphatic carbocycles. The van der Waals surface area contributed by atoms with Crippen LogP contribution in [0.5, 0.6) is 0 Å². The van der Waals surface area contributed by atoms with Crippen LogP contribution < -0.4 is 10.6 Å².